The summed E-state index contributed by atoms with van der Waals surface area (Å²) >= 11 is 0. The van der Waals surface area contributed by atoms with Gasteiger partial charge in [0.25, 0.3) is 11.5 Å². The molecule has 0 radical (unpaired) electrons. The summed E-state index contributed by atoms with van der Waals surface area (Å²) in [6.07, 6.45) is -1.16. The Morgan fingerprint density at radius 3 is 2.36 bits per heavy atom. The Hall–Kier alpha value is -4.04. The van der Waals surface area contributed by atoms with Crippen molar-refractivity contribution in [2.45, 2.75) is 19.1 Å². The smallest absolute Gasteiger partial charge is 0.378 e. The Bertz CT molecular complexity index is 1520. The molecule has 1 atom stereocenters. The topological polar surface area (TPSA) is 95.8 Å². The largest absolute Gasteiger partial charge is 0.417 e. The van der Waals surface area contributed by atoms with E-state index in [-0.39, 0.29) is 17.3 Å². The van der Waals surface area contributed by atoms with Gasteiger partial charge in [0, 0.05) is 81.6 Å². The molecule has 2 saturated heterocycles. The minimum Gasteiger partial charge on any atom is -0.378 e. The van der Waals surface area contributed by atoms with Gasteiger partial charge in [0.15, 0.2) is 0 Å². The molecule has 0 saturated carbocycles. The Balaban J connectivity index is 1.55. The summed E-state index contributed by atoms with van der Waals surface area (Å²) in [5, 5.41) is 2.57. The highest BCUT2D eigenvalue weighted by atomic mass is 19.4. The lowest BCUT2D eigenvalue weighted by Crippen LogP contribution is -2.50. The molecule has 0 spiro atoms. The number of hydrogen-bond acceptors (Lipinski definition) is 8. The number of rotatable bonds is 5. The normalized spacial score (nSPS) is 18.3. The van der Waals surface area contributed by atoms with E-state index >= 15 is 4.39 Å². The summed E-state index contributed by atoms with van der Waals surface area (Å²) in [4.78, 5) is 40.0. The number of alkyl halides is 3. The van der Waals surface area contributed by atoms with E-state index in [2.05, 4.69) is 20.2 Å². The van der Waals surface area contributed by atoms with Crippen molar-refractivity contribution in [1.29, 1.82) is 0 Å². The number of nitrogens with zero attached hydrogens (tertiary/aromatic N) is 6. The van der Waals surface area contributed by atoms with Crippen molar-refractivity contribution in [2.24, 2.45) is 7.05 Å². The number of piperazine rings is 1. The lowest BCUT2D eigenvalue weighted by atomic mass is 10.0. The number of anilines is 3. The summed E-state index contributed by atoms with van der Waals surface area (Å²) in [5.41, 5.74) is -2.15. The molecule has 1 amide bonds. The molecular weight excluding hydrogens is 558 g/mol. The number of hydrogen-bond donors (Lipinski definition) is 1. The van der Waals surface area contributed by atoms with Crippen molar-refractivity contribution in [3.05, 3.63) is 64.1 Å². The van der Waals surface area contributed by atoms with E-state index in [1.165, 1.54) is 31.6 Å². The second kappa shape index (κ2) is 11.7. The minimum atomic E-state index is -4.94. The minimum absolute atomic E-state index is 0.0706. The van der Waals surface area contributed by atoms with Crippen LogP contribution in [-0.4, -0.2) is 84.4 Å². The second-order valence-corrected chi connectivity index (χ2v) is 10.5. The highest BCUT2D eigenvalue weighted by Crippen LogP contribution is 2.37. The standard InChI is InChI=1S/C28H31F4N7O3/c1-17-15-39(5-4-36(17)2)24-12-22(29)19(18-13-33-27(34-14-18)38-6-8-42-9-7-38)10-23(24)35-26(41)20-16-37(3)25(40)11-21(20)28(30,31)32/h10-14,16-17H,4-9,15H2,1-3H3,(H,35,41)/t17-/m0/s1. The van der Waals surface area contributed by atoms with Crippen LogP contribution in [0.4, 0.5) is 34.9 Å². The summed E-state index contributed by atoms with van der Waals surface area (Å²) in [7, 11) is 3.22. The van der Waals surface area contributed by atoms with Gasteiger partial charge in [-0.3, -0.25) is 9.59 Å². The predicted molar refractivity (Wildman–Crippen MR) is 149 cm³/mol. The van der Waals surface area contributed by atoms with Crippen LogP contribution in [0.1, 0.15) is 22.8 Å². The molecule has 3 aromatic rings. The van der Waals surface area contributed by atoms with E-state index in [9.17, 15) is 22.8 Å². The number of carbonyl (C=O) groups excluding carboxylic acids is 1. The second-order valence-electron chi connectivity index (χ2n) is 10.5. The summed E-state index contributed by atoms with van der Waals surface area (Å²) < 4.78 is 63.3. The molecule has 14 heteroatoms. The fourth-order valence-corrected chi connectivity index (χ4v) is 5.03. The fourth-order valence-electron chi connectivity index (χ4n) is 5.03. The lowest BCUT2D eigenvalue weighted by molar-refractivity contribution is -0.138. The van der Waals surface area contributed by atoms with Gasteiger partial charge in [-0.15, -0.1) is 0 Å². The Kier molecular flexibility index (Phi) is 8.19. The predicted octanol–water partition coefficient (Wildman–Crippen LogP) is 3.23. The number of amides is 1. The summed E-state index contributed by atoms with van der Waals surface area (Å²) in [6, 6.07) is 3.14. The van der Waals surface area contributed by atoms with Gasteiger partial charge in [0.2, 0.25) is 5.95 Å². The Labute approximate surface area is 239 Å². The lowest BCUT2D eigenvalue weighted by Gasteiger charge is -2.39. The maximum absolute atomic E-state index is 15.7. The van der Waals surface area contributed by atoms with Crippen molar-refractivity contribution < 1.29 is 27.1 Å². The van der Waals surface area contributed by atoms with Gasteiger partial charge in [0.1, 0.15) is 5.82 Å². The Morgan fingerprint density at radius 2 is 1.71 bits per heavy atom. The van der Waals surface area contributed by atoms with Crippen LogP contribution in [-0.2, 0) is 18.0 Å². The maximum Gasteiger partial charge on any atom is 0.417 e. The third-order valence-corrected chi connectivity index (χ3v) is 7.66. The van der Waals surface area contributed by atoms with E-state index in [0.717, 1.165) is 10.8 Å². The first-order valence-electron chi connectivity index (χ1n) is 13.5. The van der Waals surface area contributed by atoms with Gasteiger partial charge in [-0.05, 0) is 26.1 Å². The van der Waals surface area contributed by atoms with Crippen molar-refractivity contribution in [3.8, 4) is 11.1 Å². The molecule has 10 nitrogen and oxygen atoms in total. The molecule has 1 N–H and O–H groups in total. The van der Waals surface area contributed by atoms with Crippen molar-refractivity contribution in [3.63, 3.8) is 0 Å². The van der Waals surface area contributed by atoms with Crippen LogP contribution < -0.4 is 20.7 Å². The first-order valence-corrected chi connectivity index (χ1v) is 13.5. The first-order chi connectivity index (χ1) is 19.9. The zero-order chi connectivity index (χ0) is 30.2. The molecule has 224 valence electrons. The molecule has 2 aromatic heterocycles. The van der Waals surface area contributed by atoms with Gasteiger partial charge in [-0.2, -0.15) is 13.2 Å². The molecule has 5 rings (SSSR count). The number of aromatic nitrogens is 3. The van der Waals surface area contributed by atoms with E-state index in [0.29, 0.717) is 69.2 Å². The third-order valence-electron chi connectivity index (χ3n) is 7.66. The van der Waals surface area contributed by atoms with Crippen LogP contribution >= 0.6 is 0 Å². The molecule has 0 unspecified atom stereocenters. The van der Waals surface area contributed by atoms with Gasteiger partial charge in [-0.25, -0.2) is 14.4 Å². The fraction of sp³-hybridized carbons (Fsp3) is 0.429. The average molecular weight is 590 g/mol. The van der Waals surface area contributed by atoms with Gasteiger partial charge in [0.05, 0.1) is 35.7 Å². The van der Waals surface area contributed by atoms with E-state index in [1.807, 2.05) is 23.8 Å². The quantitative estimate of drug-likeness (QED) is 0.454. The highest BCUT2D eigenvalue weighted by molar-refractivity contribution is 6.07. The molecule has 42 heavy (non-hydrogen) atoms. The molecule has 2 aliphatic heterocycles. The molecule has 0 aliphatic carbocycles. The zero-order valence-corrected chi connectivity index (χ0v) is 23.4. The number of aryl methyl sites for hydroxylation is 1. The van der Waals surface area contributed by atoms with Gasteiger partial charge in [-0.1, -0.05) is 0 Å². The number of morpholine rings is 1. The number of nitrogens with one attached hydrogen (secondary N) is 1. The van der Waals surface area contributed by atoms with Crippen molar-refractivity contribution in [1.82, 2.24) is 19.4 Å². The summed E-state index contributed by atoms with van der Waals surface area (Å²) in [6.45, 7) is 5.99. The maximum atomic E-state index is 15.7. The van der Waals surface area contributed by atoms with Crippen LogP contribution in [0.5, 0.6) is 0 Å². The molecule has 4 heterocycles. The third kappa shape index (κ3) is 6.09. The van der Waals surface area contributed by atoms with E-state index in [4.69, 9.17) is 4.74 Å². The SMILES string of the molecule is C[C@H]1CN(c2cc(F)c(-c3cnc(N4CCOCC4)nc3)cc2NC(=O)c2cn(C)c(=O)cc2C(F)(F)F)CCN1C. The Morgan fingerprint density at radius 1 is 1.02 bits per heavy atom. The van der Waals surface area contributed by atoms with Gasteiger partial charge >= 0.3 is 6.18 Å². The number of ether oxygens (including phenoxy) is 1. The van der Waals surface area contributed by atoms with Crippen molar-refractivity contribution >= 4 is 23.2 Å². The molecule has 0 bridgehead atoms. The molecule has 2 aliphatic rings. The monoisotopic (exact) mass is 589 g/mol. The molecular formula is C28H31F4N7O3. The first kappa shape index (κ1) is 29.5. The van der Waals surface area contributed by atoms with E-state index in [1.54, 1.807) is 0 Å². The number of likely N-dealkylation sites (N-methyl/N-ethyl adjacent to an activating group) is 1. The van der Waals surface area contributed by atoms with E-state index < -0.39 is 34.6 Å². The molecule has 2 fully saturated rings. The average Bonchev–Trinajstić information content (AvgIpc) is 2.96. The van der Waals surface area contributed by atoms with Crippen LogP contribution in [0.3, 0.4) is 0 Å². The molecule has 1 aromatic carbocycles. The van der Waals surface area contributed by atoms with Gasteiger partial charge < -0.3 is 29.3 Å². The van der Waals surface area contributed by atoms with Crippen LogP contribution in [0, 0.1) is 5.82 Å². The number of pyridine rings is 1. The van der Waals surface area contributed by atoms with Crippen LogP contribution in [0.25, 0.3) is 11.1 Å². The zero-order valence-electron chi connectivity index (χ0n) is 23.4. The van der Waals surface area contributed by atoms with Crippen molar-refractivity contribution in [2.75, 3.05) is 68.1 Å². The highest BCUT2D eigenvalue weighted by Gasteiger charge is 2.36. The van der Waals surface area contributed by atoms with Crippen LogP contribution in [0.15, 0.2) is 41.6 Å². The summed E-state index contributed by atoms with van der Waals surface area (Å²) in [5.74, 6) is -1.22. The number of halogens is 4. The number of carbonyl (C=O) groups is 1. The number of benzene rings is 1. The van der Waals surface area contributed by atoms with Crippen LogP contribution in [0.2, 0.25) is 0 Å².